The molecule has 2 aliphatic heterocycles. The van der Waals surface area contributed by atoms with Crippen LogP contribution < -0.4 is 4.90 Å². The van der Waals surface area contributed by atoms with Crippen LogP contribution in [0.2, 0.25) is 0 Å². The van der Waals surface area contributed by atoms with E-state index in [1.165, 1.54) is 19.1 Å². The Hall–Kier alpha value is -2.80. The Balaban J connectivity index is 1.56. The van der Waals surface area contributed by atoms with Crippen molar-refractivity contribution in [2.24, 2.45) is 0 Å². The smallest absolute Gasteiger partial charge is 0.246 e. The fraction of sp³-hybridized carbons (Fsp3) is 0.381. The Morgan fingerprint density at radius 2 is 2.00 bits per heavy atom. The average molecular weight is 382 g/mol. The van der Waals surface area contributed by atoms with Gasteiger partial charge in [-0.05, 0) is 36.2 Å². The maximum Gasteiger partial charge on any atom is 0.246 e. The first-order chi connectivity index (χ1) is 13.5. The molecule has 7 heteroatoms. The van der Waals surface area contributed by atoms with Gasteiger partial charge in [0.05, 0.1) is 24.0 Å². The lowest BCUT2D eigenvalue weighted by atomic mass is 9.91. The van der Waals surface area contributed by atoms with E-state index in [9.17, 15) is 14.0 Å². The molecule has 0 unspecified atom stereocenters. The van der Waals surface area contributed by atoms with E-state index in [0.29, 0.717) is 19.6 Å². The highest BCUT2D eigenvalue weighted by molar-refractivity contribution is 5.98. The minimum absolute atomic E-state index is 0.0780. The lowest BCUT2D eigenvalue weighted by molar-refractivity contribution is -0.142. The number of nitrogens with zero attached hydrogens (tertiary/aromatic N) is 4. The monoisotopic (exact) mass is 382 g/mol. The van der Waals surface area contributed by atoms with Gasteiger partial charge in [0.1, 0.15) is 12.4 Å². The van der Waals surface area contributed by atoms with Crippen LogP contribution in [0, 0.1) is 5.82 Å². The number of aromatic nitrogens is 1. The second-order valence-electron chi connectivity index (χ2n) is 7.61. The molecule has 2 fully saturated rings. The number of carbonyl (C=O) groups is 2. The van der Waals surface area contributed by atoms with Gasteiger partial charge in [0.2, 0.25) is 11.8 Å². The SMILES string of the molecule is CC(=O)N1CC(=O)N(c2cccnc2)C[C@]12CCN(Cc1ccc(F)cc1)C2. The van der Waals surface area contributed by atoms with E-state index in [-0.39, 0.29) is 24.2 Å². The van der Waals surface area contributed by atoms with Gasteiger partial charge in [0.15, 0.2) is 0 Å². The standard InChI is InChI=1S/C21H23FN4O2/c1-16(27)26-13-20(28)25(19-3-2-9-23-11-19)15-21(26)8-10-24(14-21)12-17-4-6-18(22)7-5-17/h2-7,9,11H,8,10,12-15H2,1H3/t21-/m1/s1. The van der Waals surface area contributed by atoms with Gasteiger partial charge >= 0.3 is 0 Å². The van der Waals surface area contributed by atoms with Gasteiger partial charge in [-0.25, -0.2) is 4.39 Å². The molecule has 6 nitrogen and oxygen atoms in total. The largest absolute Gasteiger partial charge is 0.325 e. The van der Waals surface area contributed by atoms with Crippen LogP contribution in [-0.2, 0) is 16.1 Å². The molecule has 146 valence electrons. The van der Waals surface area contributed by atoms with Crippen molar-refractivity contribution in [1.29, 1.82) is 0 Å². The van der Waals surface area contributed by atoms with Crippen molar-refractivity contribution in [3.05, 3.63) is 60.2 Å². The topological polar surface area (TPSA) is 56.8 Å². The van der Waals surface area contributed by atoms with Gasteiger partial charge in [-0.3, -0.25) is 19.5 Å². The second kappa shape index (κ2) is 7.31. The highest BCUT2D eigenvalue weighted by atomic mass is 19.1. The summed E-state index contributed by atoms with van der Waals surface area (Å²) in [6, 6.07) is 10.2. The van der Waals surface area contributed by atoms with Crippen LogP contribution in [0.1, 0.15) is 18.9 Å². The van der Waals surface area contributed by atoms with Crippen LogP contribution in [-0.4, -0.2) is 58.3 Å². The van der Waals surface area contributed by atoms with E-state index >= 15 is 0 Å². The van der Waals surface area contributed by atoms with Crippen molar-refractivity contribution >= 4 is 17.5 Å². The zero-order valence-corrected chi connectivity index (χ0v) is 15.8. The average Bonchev–Trinajstić information content (AvgIpc) is 3.09. The maximum absolute atomic E-state index is 13.2. The molecule has 0 saturated carbocycles. The summed E-state index contributed by atoms with van der Waals surface area (Å²) in [5.41, 5.74) is 1.37. The number of benzene rings is 1. The van der Waals surface area contributed by atoms with Crippen LogP contribution in [0.3, 0.4) is 0 Å². The summed E-state index contributed by atoms with van der Waals surface area (Å²) in [7, 11) is 0. The number of rotatable bonds is 3. The van der Waals surface area contributed by atoms with Gasteiger partial charge in [0.25, 0.3) is 0 Å². The zero-order valence-electron chi connectivity index (χ0n) is 15.8. The number of likely N-dealkylation sites (tertiary alicyclic amines) is 1. The molecule has 0 aliphatic carbocycles. The Bertz CT molecular complexity index is 874. The van der Waals surface area contributed by atoms with Gasteiger partial charge < -0.3 is 9.80 Å². The molecule has 0 radical (unpaired) electrons. The van der Waals surface area contributed by atoms with E-state index in [0.717, 1.165) is 24.2 Å². The summed E-state index contributed by atoms with van der Waals surface area (Å²) >= 11 is 0. The summed E-state index contributed by atoms with van der Waals surface area (Å²) in [6.45, 7) is 4.24. The van der Waals surface area contributed by atoms with E-state index < -0.39 is 5.54 Å². The molecule has 2 amide bonds. The van der Waals surface area contributed by atoms with Crippen LogP contribution >= 0.6 is 0 Å². The third-order valence-corrected chi connectivity index (χ3v) is 5.69. The molecular formula is C21H23FN4O2. The maximum atomic E-state index is 13.2. The summed E-state index contributed by atoms with van der Waals surface area (Å²) < 4.78 is 13.2. The van der Waals surface area contributed by atoms with Crippen molar-refractivity contribution in [2.45, 2.75) is 25.4 Å². The van der Waals surface area contributed by atoms with Crippen molar-refractivity contribution < 1.29 is 14.0 Å². The number of hydrogen-bond acceptors (Lipinski definition) is 4. The summed E-state index contributed by atoms with van der Waals surface area (Å²) in [5, 5.41) is 0. The number of anilines is 1. The van der Waals surface area contributed by atoms with E-state index in [4.69, 9.17) is 0 Å². The minimum Gasteiger partial charge on any atom is -0.325 e. The normalized spacial score (nSPS) is 22.9. The number of piperazine rings is 1. The van der Waals surface area contributed by atoms with Crippen molar-refractivity contribution in [1.82, 2.24) is 14.8 Å². The quantitative estimate of drug-likeness (QED) is 0.816. The van der Waals surface area contributed by atoms with Gasteiger partial charge in [-0.15, -0.1) is 0 Å². The van der Waals surface area contributed by atoms with Crippen LogP contribution in [0.4, 0.5) is 10.1 Å². The third kappa shape index (κ3) is 3.49. The van der Waals surface area contributed by atoms with E-state index in [1.807, 2.05) is 12.1 Å². The van der Waals surface area contributed by atoms with Gasteiger partial charge in [-0.2, -0.15) is 0 Å². The second-order valence-corrected chi connectivity index (χ2v) is 7.61. The van der Waals surface area contributed by atoms with Crippen molar-refractivity contribution in [3.63, 3.8) is 0 Å². The van der Waals surface area contributed by atoms with Gasteiger partial charge in [0, 0.05) is 32.8 Å². The molecule has 2 aromatic rings. The minimum atomic E-state index is -0.421. The van der Waals surface area contributed by atoms with Crippen LogP contribution in [0.15, 0.2) is 48.8 Å². The third-order valence-electron chi connectivity index (χ3n) is 5.69. The van der Waals surface area contributed by atoms with Crippen LogP contribution in [0.5, 0.6) is 0 Å². The predicted molar refractivity (Wildman–Crippen MR) is 103 cm³/mol. The molecule has 28 heavy (non-hydrogen) atoms. The number of carbonyl (C=O) groups excluding carboxylic acids is 2. The lowest BCUT2D eigenvalue weighted by Crippen LogP contribution is -2.66. The van der Waals surface area contributed by atoms with Crippen molar-refractivity contribution in [3.8, 4) is 0 Å². The Morgan fingerprint density at radius 3 is 2.68 bits per heavy atom. The van der Waals surface area contributed by atoms with Crippen LogP contribution in [0.25, 0.3) is 0 Å². The fourth-order valence-corrected chi connectivity index (χ4v) is 4.32. The molecule has 0 N–H and O–H groups in total. The molecule has 1 spiro atoms. The van der Waals surface area contributed by atoms with Gasteiger partial charge in [-0.1, -0.05) is 12.1 Å². The van der Waals surface area contributed by atoms with Crippen molar-refractivity contribution in [2.75, 3.05) is 31.1 Å². The molecule has 2 saturated heterocycles. The highest BCUT2D eigenvalue weighted by Gasteiger charge is 2.50. The predicted octanol–water partition coefficient (Wildman–Crippen LogP) is 2.06. The molecule has 3 heterocycles. The first-order valence-corrected chi connectivity index (χ1v) is 9.42. The Kier molecular flexibility index (Phi) is 4.85. The molecule has 4 rings (SSSR count). The highest BCUT2D eigenvalue weighted by Crippen LogP contribution is 2.35. The fourth-order valence-electron chi connectivity index (χ4n) is 4.32. The summed E-state index contributed by atoms with van der Waals surface area (Å²) in [5.74, 6) is -0.420. The number of halogens is 1. The number of hydrogen-bond donors (Lipinski definition) is 0. The zero-order chi connectivity index (χ0) is 19.7. The first kappa shape index (κ1) is 18.6. The number of amides is 2. The molecule has 2 aliphatic rings. The van der Waals surface area contributed by atoms with E-state index in [2.05, 4.69) is 9.88 Å². The Labute approximate surface area is 163 Å². The summed E-state index contributed by atoms with van der Waals surface area (Å²) in [4.78, 5) is 34.9. The molecule has 1 aromatic carbocycles. The molecule has 0 bridgehead atoms. The molecule has 1 aromatic heterocycles. The lowest BCUT2D eigenvalue weighted by Gasteiger charge is -2.48. The summed E-state index contributed by atoms with van der Waals surface area (Å²) in [6.07, 6.45) is 4.15. The first-order valence-electron chi connectivity index (χ1n) is 9.42. The molecule has 1 atom stereocenters. The molecular weight excluding hydrogens is 359 g/mol. The Morgan fingerprint density at radius 1 is 1.21 bits per heavy atom. The number of pyridine rings is 1. The van der Waals surface area contributed by atoms with E-state index in [1.54, 1.807) is 34.3 Å².